The highest BCUT2D eigenvalue weighted by molar-refractivity contribution is 5.28. The SMILES string of the molecule is CC(C)c1nccn1-c1cccc([C@@H]2CCCN2C)n1. The molecule has 3 rings (SSSR count). The van der Waals surface area contributed by atoms with Crippen LogP contribution in [0.2, 0.25) is 0 Å². The normalized spacial score (nSPS) is 19.9. The van der Waals surface area contributed by atoms with Gasteiger partial charge in [0.2, 0.25) is 0 Å². The summed E-state index contributed by atoms with van der Waals surface area (Å²) in [6, 6.07) is 6.77. The summed E-state index contributed by atoms with van der Waals surface area (Å²) < 4.78 is 2.10. The maximum Gasteiger partial charge on any atom is 0.138 e. The first-order valence-electron chi connectivity index (χ1n) is 7.37. The highest BCUT2D eigenvalue weighted by atomic mass is 15.2. The van der Waals surface area contributed by atoms with Crippen molar-refractivity contribution in [2.75, 3.05) is 13.6 Å². The Labute approximate surface area is 120 Å². The maximum absolute atomic E-state index is 4.87. The van der Waals surface area contributed by atoms with Gasteiger partial charge in [0.1, 0.15) is 11.6 Å². The zero-order valence-corrected chi connectivity index (χ0v) is 12.5. The van der Waals surface area contributed by atoms with Gasteiger partial charge in [0.05, 0.1) is 11.7 Å². The second kappa shape index (κ2) is 5.37. The van der Waals surface area contributed by atoms with Crippen molar-refractivity contribution in [1.82, 2.24) is 19.4 Å². The monoisotopic (exact) mass is 270 g/mol. The van der Waals surface area contributed by atoms with Gasteiger partial charge in [-0.15, -0.1) is 0 Å². The summed E-state index contributed by atoms with van der Waals surface area (Å²) in [7, 11) is 2.18. The van der Waals surface area contributed by atoms with Crippen LogP contribution in [0.4, 0.5) is 0 Å². The second-order valence-corrected chi connectivity index (χ2v) is 5.87. The minimum atomic E-state index is 0.393. The lowest BCUT2D eigenvalue weighted by Gasteiger charge is -2.19. The van der Waals surface area contributed by atoms with Gasteiger partial charge in [-0.25, -0.2) is 9.97 Å². The molecule has 0 saturated carbocycles. The number of rotatable bonds is 3. The molecule has 0 N–H and O–H groups in total. The lowest BCUT2D eigenvalue weighted by molar-refractivity contribution is 0.312. The van der Waals surface area contributed by atoms with Gasteiger partial charge in [0, 0.05) is 18.3 Å². The average Bonchev–Trinajstić information content (AvgIpc) is 3.07. The number of nitrogens with zero attached hydrogens (tertiary/aromatic N) is 4. The van der Waals surface area contributed by atoms with E-state index in [1.54, 1.807) is 0 Å². The van der Waals surface area contributed by atoms with E-state index in [0.717, 1.165) is 11.6 Å². The Bertz CT molecular complexity index is 588. The van der Waals surface area contributed by atoms with Gasteiger partial charge in [-0.05, 0) is 38.6 Å². The van der Waals surface area contributed by atoms with Crippen molar-refractivity contribution in [3.63, 3.8) is 0 Å². The fourth-order valence-electron chi connectivity index (χ4n) is 2.98. The topological polar surface area (TPSA) is 34.0 Å². The Hall–Kier alpha value is -1.68. The molecule has 0 aliphatic carbocycles. The van der Waals surface area contributed by atoms with Crippen molar-refractivity contribution in [3.05, 3.63) is 42.1 Å². The van der Waals surface area contributed by atoms with Gasteiger partial charge >= 0.3 is 0 Å². The highest BCUT2D eigenvalue weighted by Crippen LogP contribution is 2.29. The van der Waals surface area contributed by atoms with E-state index in [0.29, 0.717) is 12.0 Å². The van der Waals surface area contributed by atoms with Crippen molar-refractivity contribution in [2.24, 2.45) is 0 Å². The largest absolute Gasteiger partial charge is 0.298 e. The Morgan fingerprint density at radius 2 is 2.15 bits per heavy atom. The quantitative estimate of drug-likeness (QED) is 0.859. The Balaban J connectivity index is 1.97. The summed E-state index contributed by atoms with van der Waals surface area (Å²) >= 11 is 0. The maximum atomic E-state index is 4.87. The number of hydrogen-bond acceptors (Lipinski definition) is 3. The third kappa shape index (κ3) is 2.36. The molecule has 1 atom stereocenters. The molecule has 4 nitrogen and oxygen atoms in total. The van der Waals surface area contributed by atoms with E-state index in [4.69, 9.17) is 4.98 Å². The molecule has 2 aromatic rings. The number of imidazole rings is 1. The summed E-state index contributed by atoms with van der Waals surface area (Å²) in [5.41, 5.74) is 1.17. The van der Waals surface area contributed by atoms with E-state index in [-0.39, 0.29) is 0 Å². The van der Waals surface area contributed by atoms with Gasteiger partial charge in [0.25, 0.3) is 0 Å². The molecule has 1 aliphatic heterocycles. The first-order valence-corrected chi connectivity index (χ1v) is 7.37. The van der Waals surface area contributed by atoms with E-state index in [1.165, 1.54) is 25.1 Å². The molecular weight excluding hydrogens is 248 g/mol. The second-order valence-electron chi connectivity index (χ2n) is 5.87. The number of aromatic nitrogens is 3. The number of likely N-dealkylation sites (tertiary alicyclic amines) is 1. The van der Waals surface area contributed by atoms with E-state index < -0.39 is 0 Å². The van der Waals surface area contributed by atoms with Crippen molar-refractivity contribution in [2.45, 2.75) is 38.6 Å². The van der Waals surface area contributed by atoms with Crippen molar-refractivity contribution in [3.8, 4) is 5.82 Å². The molecule has 2 aromatic heterocycles. The van der Waals surface area contributed by atoms with Crippen molar-refractivity contribution in [1.29, 1.82) is 0 Å². The predicted octanol–water partition coefficient (Wildman–Crippen LogP) is 3.16. The number of pyridine rings is 1. The van der Waals surface area contributed by atoms with Gasteiger partial charge < -0.3 is 0 Å². The Kier molecular flexibility index (Phi) is 3.57. The Morgan fingerprint density at radius 3 is 2.85 bits per heavy atom. The summed E-state index contributed by atoms with van der Waals surface area (Å²) in [5, 5.41) is 0. The van der Waals surface area contributed by atoms with E-state index in [9.17, 15) is 0 Å². The highest BCUT2D eigenvalue weighted by Gasteiger charge is 2.24. The van der Waals surface area contributed by atoms with E-state index >= 15 is 0 Å². The van der Waals surface area contributed by atoms with E-state index in [1.807, 2.05) is 12.4 Å². The molecule has 1 fully saturated rings. The van der Waals surface area contributed by atoms with Crippen LogP contribution in [0.5, 0.6) is 0 Å². The molecule has 20 heavy (non-hydrogen) atoms. The van der Waals surface area contributed by atoms with Crippen LogP contribution in [0, 0.1) is 0 Å². The fraction of sp³-hybridized carbons (Fsp3) is 0.500. The fourth-order valence-corrected chi connectivity index (χ4v) is 2.98. The third-order valence-corrected chi connectivity index (χ3v) is 4.05. The first kappa shape index (κ1) is 13.3. The van der Waals surface area contributed by atoms with Crippen LogP contribution in [0.25, 0.3) is 5.82 Å². The summed E-state index contributed by atoms with van der Waals surface area (Å²) in [5.74, 6) is 2.43. The van der Waals surface area contributed by atoms with Crippen LogP contribution in [-0.2, 0) is 0 Å². The van der Waals surface area contributed by atoms with Crippen LogP contribution in [0.3, 0.4) is 0 Å². The van der Waals surface area contributed by atoms with Crippen molar-refractivity contribution < 1.29 is 0 Å². The molecular formula is C16H22N4. The lowest BCUT2D eigenvalue weighted by Crippen LogP contribution is -2.19. The van der Waals surface area contributed by atoms with Crippen molar-refractivity contribution >= 4 is 0 Å². The Morgan fingerprint density at radius 1 is 1.30 bits per heavy atom. The third-order valence-electron chi connectivity index (χ3n) is 4.05. The zero-order valence-electron chi connectivity index (χ0n) is 12.5. The molecule has 0 bridgehead atoms. The van der Waals surface area contributed by atoms with Crippen LogP contribution in [0.1, 0.15) is 50.2 Å². The molecule has 1 saturated heterocycles. The molecule has 1 aliphatic rings. The smallest absolute Gasteiger partial charge is 0.138 e. The minimum Gasteiger partial charge on any atom is -0.298 e. The number of hydrogen-bond donors (Lipinski definition) is 0. The molecule has 0 unspecified atom stereocenters. The van der Waals surface area contributed by atoms with Gasteiger partial charge in [-0.2, -0.15) is 0 Å². The molecule has 0 spiro atoms. The molecule has 0 aromatic carbocycles. The summed E-state index contributed by atoms with van der Waals surface area (Å²) in [6.07, 6.45) is 6.31. The van der Waals surface area contributed by atoms with Gasteiger partial charge in [-0.3, -0.25) is 9.47 Å². The molecule has 4 heteroatoms. The average molecular weight is 270 g/mol. The standard InChI is InChI=1S/C16H22N4/c1-12(2)16-17-9-11-20(16)15-8-4-6-13(18-15)14-7-5-10-19(14)3/h4,6,8-9,11-12,14H,5,7,10H2,1-3H3/t14-/m0/s1. The van der Waals surface area contributed by atoms with E-state index in [2.05, 4.69) is 53.5 Å². The molecule has 106 valence electrons. The van der Waals surface area contributed by atoms with Crippen LogP contribution < -0.4 is 0 Å². The van der Waals surface area contributed by atoms with Crippen LogP contribution in [0.15, 0.2) is 30.6 Å². The molecule has 0 amide bonds. The summed E-state index contributed by atoms with van der Waals surface area (Å²) in [4.78, 5) is 11.7. The van der Waals surface area contributed by atoms with Crippen LogP contribution in [-0.4, -0.2) is 33.0 Å². The molecule has 3 heterocycles. The van der Waals surface area contributed by atoms with Crippen LogP contribution >= 0.6 is 0 Å². The van der Waals surface area contributed by atoms with Gasteiger partial charge in [0.15, 0.2) is 0 Å². The zero-order chi connectivity index (χ0) is 14.1. The molecule has 0 radical (unpaired) electrons. The minimum absolute atomic E-state index is 0.393. The van der Waals surface area contributed by atoms with Gasteiger partial charge in [-0.1, -0.05) is 19.9 Å². The predicted molar refractivity (Wildman–Crippen MR) is 80.1 cm³/mol. The summed E-state index contributed by atoms with van der Waals surface area (Å²) in [6.45, 7) is 5.49. The lowest BCUT2D eigenvalue weighted by atomic mass is 10.1. The first-order chi connectivity index (χ1) is 9.66.